The maximum atomic E-state index is 5.63. The van der Waals surface area contributed by atoms with Gasteiger partial charge in [0.15, 0.2) is 0 Å². The van der Waals surface area contributed by atoms with Crippen molar-refractivity contribution in [3.63, 3.8) is 0 Å². The SMILES string of the molecule is [CH]1NC=Cc2oc3ccccc3c21. The highest BCUT2D eigenvalue weighted by Gasteiger charge is 2.13. The van der Waals surface area contributed by atoms with Crippen LogP contribution in [0.15, 0.2) is 34.9 Å². The second-order valence-corrected chi connectivity index (χ2v) is 3.02. The lowest BCUT2D eigenvalue weighted by molar-refractivity contribution is 0.599. The van der Waals surface area contributed by atoms with Gasteiger partial charge in [-0.05, 0) is 12.1 Å². The summed E-state index contributed by atoms with van der Waals surface area (Å²) < 4.78 is 5.63. The summed E-state index contributed by atoms with van der Waals surface area (Å²) in [5.41, 5.74) is 2.08. The Kier molecular flexibility index (Phi) is 1.25. The van der Waals surface area contributed by atoms with Gasteiger partial charge in [0.1, 0.15) is 11.3 Å². The summed E-state index contributed by atoms with van der Waals surface area (Å²) in [4.78, 5) is 0. The fraction of sp³-hybridized carbons (Fsp3) is 0. The molecule has 0 fully saturated rings. The van der Waals surface area contributed by atoms with Crippen molar-refractivity contribution in [2.75, 3.05) is 0 Å². The van der Waals surface area contributed by atoms with E-state index in [1.54, 1.807) is 0 Å². The van der Waals surface area contributed by atoms with E-state index in [2.05, 4.69) is 11.4 Å². The first kappa shape index (κ1) is 6.78. The van der Waals surface area contributed by atoms with Crippen LogP contribution in [-0.2, 0) is 0 Å². The van der Waals surface area contributed by atoms with Crippen LogP contribution in [0.25, 0.3) is 17.0 Å². The van der Waals surface area contributed by atoms with E-state index in [9.17, 15) is 0 Å². The zero-order valence-electron chi connectivity index (χ0n) is 6.95. The minimum absolute atomic E-state index is 0.931. The van der Waals surface area contributed by atoms with Gasteiger partial charge in [0.2, 0.25) is 0 Å². The monoisotopic (exact) mass is 170 g/mol. The van der Waals surface area contributed by atoms with Crippen molar-refractivity contribution in [2.45, 2.75) is 0 Å². The lowest BCUT2D eigenvalue weighted by atomic mass is 10.1. The molecular weight excluding hydrogens is 162 g/mol. The second-order valence-electron chi connectivity index (χ2n) is 3.02. The van der Waals surface area contributed by atoms with Crippen molar-refractivity contribution in [1.82, 2.24) is 5.32 Å². The van der Waals surface area contributed by atoms with Gasteiger partial charge in [0.05, 0.1) is 6.54 Å². The van der Waals surface area contributed by atoms with Crippen LogP contribution >= 0.6 is 0 Å². The zero-order valence-corrected chi connectivity index (χ0v) is 6.95. The Morgan fingerprint density at radius 1 is 1.15 bits per heavy atom. The minimum atomic E-state index is 0.931. The lowest BCUT2D eigenvalue weighted by Gasteiger charge is -2.04. The lowest BCUT2D eigenvalue weighted by Crippen LogP contribution is -2.05. The highest BCUT2D eigenvalue weighted by atomic mass is 16.3. The molecule has 2 heteroatoms. The van der Waals surface area contributed by atoms with Gasteiger partial charge in [-0.15, -0.1) is 0 Å². The molecule has 0 amide bonds. The van der Waals surface area contributed by atoms with E-state index < -0.39 is 0 Å². The minimum Gasteiger partial charge on any atom is -0.456 e. The van der Waals surface area contributed by atoms with E-state index in [-0.39, 0.29) is 0 Å². The Balaban J connectivity index is 2.41. The molecule has 0 saturated heterocycles. The predicted molar refractivity (Wildman–Crippen MR) is 51.8 cm³/mol. The Morgan fingerprint density at radius 2 is 2.08 bits per heavy atom. The van der Waals surface area contributed by atoms with Crippen molar-refractivity contribution in [2.24, 2.45) is 0 Å². The highest BCUT2D eigenvalue weighted by Crippen LogP contribution is 2.28. The third kappa shape index (κ3) is 0.886. The van der Waals surface area contributed by atoms with Gasteiger partial charge in [-0.2, -0.15) is 0 Å². The summed E-state index contributed by atoms with van der Waals surface area (Å²) in [5.74, 6) is 0.931. The van der Waals surface area contributed by atoms with Crippen LogP contribution < -0.4 is 5.32 Å². The van der Waals surface area contributed by atoms with Gasteiger partial charge in [0.25, 0.3) is 0 Å². The molecule has 1 N–H and O–H groups in total. The standard InChI is InChI=1S/C11H8NO/c1-2-4-10-8(3-1)9-7-12-6-5-11(9)13-10/h1-7,12H. The summed E-state index contributed by atoms with van der Waals surface area (Å²) in [6, 6.07) is 8.04. The molecule has 2 nitrogen and oxygen atoms in total. The number of hydrogen-bond donors (Lipinski definition) is 1. The van der Waals surface area contributed by atoms with Gasteiger partial charge in [-0.1, -0.05) is 18.2 Å². The molecule has 2 heterocycles. The molecule has 0 unspecified atom stereocenters. The Morgan fingerprint density at radius 3 is 3.08 bits per heavy atom. The zero-order chi connectivity index (χ0) is 8.67. The highest BCUT2D eigenvalue weighted by molar-refractivity contribution is 5.86. The quantitative estimate of drug-likeness (QED) is 0.657. The average molecular weight is 170 g/mol. The van der Waals surface area contributed by atoms with Crippen LogP contribution in [0.3, 0.4) is 0 Å². The number of hydrogen-bond acceptors (Lipinski definition) is 2. The first-order valence-corrected chi connectivity index (χ1v) is 4.22. The Labute approximate surface area is 75.9 Å². The van der Waals surface area contributed by atoms with Gasteiger partial charge in [0, 0.05) is 17.1 Å². The molecule has 1 aliphatic heterocycles. The van der Waals surface area contributed by atoms with Crippen molar-refractivity contribution in [1.29, 1.82) is 0 Å². The molecule has 0 bridgehead atoms. The molecular formula is C11H8NO. The summed E-state index contributed by atoms with van der Waals surface area (Å²) in [5, 5.41) is 4.22. The summed E-state index contributed by atoms with van der Waals surface area (Å²) in [7, 11) is 0. The molecule has 0 saturated carbocycles. The number of nitrogens with one attached hydrogen (secondary N) is 1. The van der Waals surface area contributed by atoms with Crippen LogP contribution in [0.2, 0.25) is 0 Å². The van der Waals surface area contributed by atoms with E-state index >= 15 is 0 Å². The molecule has 3 rings (SSSR count). The van der Waals surface area contributed by atoms with Crippen LogP contribution in [0.1, 0.15) is 11.3 Å². The van der Waals surface area contributed by atoms with Gasteiger partial charge >= 0.3 is 0 Å². The van der Waals surface area contributed by atoms with Crippen molar-refractivity contribution in [3.8, 4) is 0 Å². The number of para-hydroxylation sites is 1. The molecule has 1 aromatic heterocycles. The molecule has 0 atom stereocenters. The predicted octanol–water partition coefficient (Wildman–Crippen LogP) is 2.52. The first-order valence-electron chi connectivity index (χ1n) is 4.22. The first-order chi connectivity index (χ1) is 6.45. The number of fused-ring (bicyclic) bond motifs is 3. The molecule has 1 radical (unpaired) electrons. The van der Waals surface area contributed by atoms with Crippen LogP contribution in [-0.4, -0.2) is 0 Å². The van der Waals surface area contributed by atoms with Crippen molar-refractivity contribution in [3.05, 3.63) is 48.3 Å². The van der Waals surface area contributed by atoms with Gasteiger partial charge in [-0.25, -0.2) is 0 Å². The smallest absolute Gasteiger partial charge is 0.135 e. The van der Waals surface area contributed by atoms with E-state index in [0.29, 0.717) is 0 Å². The average Bonchev–Trinajstić information content (AvgIpc) is 2.56. The molecule has 1 aromatic carbocycles. The molecule has 2 aromatic rings. The molecule has 0 aliphatic carbocycles. The van der Waals surface area contributed by atoms with Crippen molar-refractivity contribution >= 4 is 17.0 Å². The normalized spacial score (nSPS) is 14.2. The van der Waals surface area contributed by atoms with E-state index in [4.69, 9.17) is 4.42 Å². The number of benzene rings is 1. The maximum absolute atomic E-state index is 5.63. The van der Waals surface area contributed by atoms with Crippen LogP contribution in [0.5, 0.6) is 0 Å². The molecule has 63 valence electrons. The van der Waals surface area contributed by atoms with E-state index in [1.165, 1.54) is 0 Å². The van der Waals surface area contributed by atoms with E-state index in [0.717, 1.165) is 22.3 Å². The maximum Gasteiger partial charge on any atom is 0.135 e. The second kappa shape index (κ2) is 2.39. The largest absolute Gasteiger partial charge is 0.456 e. The summed E-state index contributed by atoms with van der Waals surface area (Å²) >= 11 is 0. The van der Waals surface area contributed by atoms with Crippen LogP contribution in [0, 0.1) is 6.54 Å². The molecule has 13 heavy (non-hydrogen) atoms. The number of rotatable bonds is 0. The molecule has 1 aliphatic rings. The van der Waals surface area contributed by atoms with Crippen molar-refractivity contribution < 1.29 is 4.42 Å². The molecule has 0 spiro atoms. The summed E-state index contributed by atoms with van der Waals surface area (Å²) in [6.45, 7) is 1.96. The third-order valence-electron chi connectivity index (χ3n) is 2.22. The third-order valence-corrected chi connectivity index (χ3v) is 2.22. The van der Waals surface area contributed by atoms with Gasteiger partial charge in [-0.3, -0.25) is 0 Å². The topological polar surface area (TPSA) is 25.2 Å². The van der Waals surface area contributed by atoms with Gasteiger partial charge < -0.3 is 9.73 Å². The fourth-order valence-corrected chi connectivity index (χ4v) is 1.61. The van der Waals surface area contributed by atoms with Crippen LogP contribution in [0.4, 0.5) is 0 Å². The number of furan rings is 1. The Bertz CT molecular complexity index is 482. The summed E-state index contributed by atoms with van der Waals surface area (Å²) in [6.07, 6.45) is 3.81. The van der Waals surface area contributed by atoms with E-state index in [1.807, 2.05) is 37.0 Å². The fourth-order valence-electron chi connectivity index (χ4n) is 1.61. The Hall–Kier alpha value is -1.70.